The lowest BCUT2D eigenvalue weighted by atomic mass is 9.84. The summed E-state index contributed by atoms with van der Waals surface area (Å²) in [5.74, 6) is 0.913. The second-order valence-corrected chi connectivity index (χ2v) is 6.99. The zero-order chi connectivity index (χ0) is 15.6. The van der Waals surface area contributed by atoms with Crippen molar-refractivity contribution in [3.8, 4) is 5.75 Å². The molecule has 2 rings (SSSR count). The van der Waals surface area contributed by atoms with E-state index in [4.69, 9.17) is 4.74 Å². The number of carbonyl (C=O) groups is 1. The molecule has 0 saturated carbocycles. The largest absolute Gasteiger partial charge is 0.481 e. The first kappa shape index (κ1) is 15.9. The van der Waals surface area contributed by atoms with Gasteiger partial charge in [-0.15, -0.1) is 0 Å². The molecule has 1 aliphatic rings. The minimum absolute atomic E-state index is 0.101. The zero-order valence-electron chi connectivity index (χ0n) is 13.9. The molecule has 1 saturated heterocycles. The number of carbonyl (C=O) groups excluding carboxylic acids is 1. The van der Waals surface area contributed by atoms with Crippen LogP contribution < -0.4 is 4.74 Å². The summed E-state index contributed by atoms with van der Waals surface area (Å²) in [6.45, 7) is 12.1. The summed E-state index contributed by atoms with van der Waals surface area (Å²) >= 11 is 0. The van der Waals surface area contributed by atoms with E-state index in [0.717, 1.165) is 30.8 Å². The third kappa shape index (κ3) is 3.78. The van der Waals surface area contributed by atoms with E-state index < -0.39 is 6.10 Å². The minimum atomic E-state index is -0.431. The molecule has 0 radical (unpaired) electrons. The van der Waals surface area contributed by atoms with E-state index in [-0.39, 0.29) is 11.3 Å². The number of amides is 1. The lowest BCUT2D eigenvalue weighted by molar-refractivity contribution is -0.141. The fourth-order valence-corrected chi connectivity index (χ4v) is 2.96. The average Bonchev–Trinajstić information content (AvgIpc) is 2.42. The van der Waals surface area contributed by atoms with Gasteiger partial charge in [-0.05, 0) is 56.2 Å². The molecule has 21 heavy (non-hydrogen) atoms. The Morgan fingerprint density at radius 1 is 1.33 bits per heavy atom. The number of hydrogen-bond acceptors (Lipinski definition) is 2. The highest BCUT2D eigenvalue weighted by molar-refractivity contribution is 5.81. The first-order valence-electron chi connectivity index (χ1n) is 7.82. The maximum Gasteiger partial charge on any atom is 0.263 e. The first-order chi connectivity index (χ1) is 9.80. The van der Waals surface area contributed by atoms with Gasteiger partial charge in [0.05, 0.1) is 0 Å². The Labute approximate surface area is 128 Å². The molecule has 1 amide bonds. The van der Waals surface area contributed by atoms with Gasteiger partial charge < -0.3 is 9.64 Å². The van der Waals surface area contributed by atoms with Crippen molar-refractivity contribution in [2.24, 2.45) is 5.41 Å². The molecular formula is C18H27NO2. The zero-order valence-corrected chi connectivity index (χ0v) is 13.9. The number of nitrogens with zero attached hydrogens (tertiary/aromatic N) is 1. The van der Waals surface area contributed by atoms with Crippen molar-refractivity contribution in [1.29, 1.82) is 0 Å². The van der Waals surface area contributed by atoms with Crippen LogP contribution in [0, 0.1) is 19.3 Å². The summed E-state index contributed by atoms with van der Waals surface area (Å²) in [7, 11) is 0. The molecule has 3 nitrogen and oxygen atoms in total. The molecule has 0 spiro atoms. The number of likely N-dealkylation sites (tertiary alicyclic amines) is 1. The van der Waals surface area contributed by atoms with Crippen molar-refractivity contribution < 1.29 is 9.53 Å². The monoisotopic (exact) mass is 289 g/mol. The summed E-state index contributed by atoms with van der Waals surface area (Å²) in [6, 6.07) is 5.97. The van der Waals surface area contributed by atoms with Crippen molar-refractivity contribution in [3.05, 3.63) is 29.3 Å². The Bertz CT molecular complexity index is 522. The number of aryl methyl sites for hydroxylation is 1. The Morgan fingerprint density at radius 3 is 2.71 bits per heavy atom. The van der Waals surface area contributed by atoms with E-state index in [1.54, 1.807) is 0 Å². The van der Waals surface area contributed by atoms with Gasteiger partial charge in [0.15, 0.2) is 6.10 Å². The lowest BCUT2D eigenvalue weighted by Gasteiger charge is -2.39. The van der Waals surface area contributed by atoms with Crippen LogP contribution in [-0.4, -0.2) is 30.0 Å². The molecule has 1 aliphatic heterocycles. The van der Waals surface area contributed by atoms with Gasteiger partial charge in [0.25, 0.3) is 5.91 Å². The van der Waals surface area contributed by atoms with E-state index >= 15 is 0 Å². The minimum Gasteiger partial charge on any atom is -0.481 e. The maximum absolute atomic E-state index is 12.6. The van der Waals surface area contributed by atoms with E-state index in [0.29, 0.717) is 0 Å². The van der Waals surface area contributed by atoms with Crippen LogP contribution in [-0.2, 0) is 4.79 Å². The summed E-state index contributed by atoms with van der Waals surface area (Å²) in [5.41, 5.74) is 2.51. The Kier molecular flexibility index (Phi) is 4.60. The Hall–Kier alpha value is -1.51. The number of piperidine rings is 1. The second kappa shape index (κ2) is 6.08. The molecule has 1 aromatic rings. The molecule has 0 aromatic heterocycles. The van der Waals surface area contributed by atoms with E-state index in [9.17, 15) is 4.79 Å². The Morgan fingerprint density at radius 2 is 2.05 bits per heavy atom. The van der Waals surface area contributed by atoms with E-state index in [2.05, 4.69) is 26.8 Å². The summed E-state index contributed by atoms with van der Waals surface area (Å²) in [5, 5.41) is 0. The smallest absolute Gasteiger partial charge is 0.263 e. The number of ether oxygens (including phenoxy) is 1. The molecule has 1 fully saturated rings. The highest BCUT2D eigenvalue weighted by Gasteiger charge is 2.31. The topological polar surface area (TPSA) is 29.5 Å². The molecule has 1 atom stereocenters. The fraction of sp³-hybridized carbons (Fsp3) is 0.611. The summed E-state index contributed by atoms with van der Waals surface area (Å²) < 4.78 is 5.92. The van der Waals surface area contributed by atoms with Crippen molar-refractivity contribution in [1.82, 2.24) is 4.90 Å². The van der Waals surface area contributed by atoms with Gasteiger partial charge in [-0.2, -0.15) is 0 Å². The van der Waals surface area contributed by atoms with Gasteiger partial charge in [0.1, 0.15) is 5.75 Å². The normalized spacial score (nSPS) is 19.2. The molecular weight excluding hydrogens is 262 g/mol. The predicted octanol–water partition coefficient (Wildman–Crippen LogP) is 3.72. The average molecular weight is 289 g/mol. The summed E-state index contributed by atoms with van der Waals surface area (Å²) in [6.07, 6.45) is 1.83. The number of hydrogen-bond donors (Lipinski definition) is 0. The molecule has 0 bridgehead atoms. The van der Waals surface area contributed by atoms with Crippen LogP contribution in [0.2, 0.25) is 0 Å². The maximum atomic E-state index is 12.6. The van der Waals surface area contributed by atoms with Gasteiger partial charge >= 0.3 is 0 Å². The van der Waals surface area contributed by atoms with Crippen LogP contribution in [0.5, 0.6) is 5.75 Å². The third-order valence-electron chi connectivity index (χ3n) is 4.42. The molecule has 116 valence electrons. The molecule has 3 heteroatoms. The van der Waals surface area contributed by atoms with Crippen molar-refractivity contribution in [3.63, 3.8) is 0 Å². The lowest BCUT2D eigenvalue weighted by Crippen LogP contribution is -2.48. The van der Waals surface area contributed by atoms with Gasteiger partial charge in [0.2, 0.25) is 0 Å². The highest BCUT2D eigenvalue weighted by Crippen LogP contribution is 2.29. The van der Waals surface area contributed by atoms with Gasteiger partial charge in [-0.3, -0.25) is 4.79 Å². The third-order valence-corrected chi connectivity index (χ3v) is 4.42. The second-order valence-electron chi connectivity index (χ2n) is 6.99. The number of rotatable bonds is 3. The molecule has 1 aromatic carbocycles. The standard InChI is InChI=1S/C18H27NO2/c1-13-8-6-9-16(14(13)2)21-15(3)17(20)19-11-7-10-18(4,5)12-19/h6,8-9,15H,7,10-12H2,1-5H3/t15-/m1/s1. The first-order valence-corrected chi connectivity index (χ1v) is 7.82. The van der Waals surface area contributed by atoms with Gasteiger partial charge in [-0.1, -0.05) is 26.0 Å². The molecule has 0 aliphatic carbocycles. The van der Waals surface area contributed by atoms with Crippen LogP contribution in [0.1, 0.15) is 44.7 Å². The van der Waals surface area contributed by atoms with E-state index in [1.165, 1.54) is 12.0 Å². The van der Waals surface area contributed by atoms with E-state index in [1.807, 2.05) is 30.9 Å². The van der Waals surface area contributed by atoms with Crippen molar-refractivity contribution in [2.75, 3.05) is 13.1 Å². The van der Waals surface area contributed by atoms with Gasteiger partial charge in [0, 0.05) is 13.1 Å². The van der Waals surface area contributed by atoms with Crippen molar-refractivity contribution >= 4 is 5.91 Å². The predicted molar refractivity (Wildman–Crippen MR) is 85.6 cm³/mol. The van der Waals surface area contributed by atoms with Crippen molar-refractivity contribution in [2.45, 2.75) is 53.6 Å². The fourth-order valence-electron chi connectivity index (χ4n) is 2.96. The van der Waals surface area contributed by atoms with Crippen LogP contribution in [0.3, 0.4) is 0 Å². The van der Waals surface area contributed by atoms with Crippen LogP contribution in [0.15, 0.2) is 18.2 Å². The highest BCUT2D eigenvalue weighted by atomic mass is 16.5. The van der Waals surface area contributed by atoms with Crippen LogP contribution in [0.25, 0.3) is 0 Å². The number of benzene rings is 1. The van der Waals surface area contributed by atoms with Crippen LogP contribution in [0.4, 0.5) is 0 Å². The molecule has 0 unspecified atom stereocenters. The SMILES string of the molecule is Cc1cccc(O[C@H](C)C(=O)N2CCCC(C)(C)C2)c1C. The quantitative estimate of drug-likeness (QED) is 0.848. The Balaban J connectivity index is 2.04. The molecule has 0 N–H and O–H groups in total. The van der Waals surface area contributed by atoms with Crippen LogP contribution >= 0.6 is 0 Å². The molecule has 1 heterocycles. The summed E-state index contributed by atoms with van der Waals surface area (Å²) in [4.78, 5) is 14.5. The van der Waals surface area contributed by atoms with Gasteiger partial charge in [-0.25, -0.2) is 0 Å².